The predicted octanol–water partition coefficient (Wildman–Crippen LogP) is -0.464. The van der Waals surface area contributed by atoms with E-state index < -0.39 is 102 Å². The molecule has 7 aliphatic rings. The largest absolute Gasteiger partial charge is 0.396 e. The van der Waals surface area contributed by atoms with Crippen LogP contribution >= 0.6 is 0 Å². The van der Waals surface area contributed by atoms with Crippen molar-refractivity contribution < 1.29 is 75.1 Å². The van der Waals surface area contributed by atoms with Gasteiger partial charge in [0.15, 0.2) is 12.6 Å². The lowest BCUT2D eigenvalue weighted by molar-refractivity contribution is -0.327. The molecule has 7 fully saturated rings. The van der Waals surface area contributed by atoms with Crippen molar-refractivity contribution in [3.05, 3.63) is 0 Å². The quantitative estimate of drug-likeness (QED) is 0.118. The Balaban J connectivity index is 1.06. The van der Waals surface area contributed by atoms with E-state index in [-0.39, 0.29) is 53.8 Å². The Labute approximate surface area is 329 Å². The molecule has 2 saturated heterocycles. The summed E-state index contributed by atoms with van der Waals surface area (Å²) < 4.78 is 23.5. The van der Waals surface area contributed by atoms with Crippen molar-refractivity contribution in [1.82, 2.24) is 0 Å². The summed E-state index contributed by atoms with van der Waals surface area (Å²) in [6.07, 6.45) is -9.36. The first kappa shape index (κ1) is 43.5. The van der Waals surface area contributed by atoms with Gasteiger partial charge in [-0.15, -0.1) is 0 Å². The van der Waals surface area contributed by atoms with Gasteiger partial charge in [-0.3, -0.25) is 0 Å². The van der Waals surface area contributed by atoms with E-state index in [2.05, 4.69) is 27.7 Å². The number of rotatable bonds is 11. The second-order valence-corrected chi connectivity index (χ2v) is 20.6. The Morgan fingerprint density at radius 3 is 2.12 bits per heavy atom. The van der Waals surface area contributed by atoms with Gasteiger partial charge >= 0.3 is 0 Å². The minimum Gasteiger partial charge on any atom is -0.396 e. The van der Waals surface area contributed by atoms with Gasteiger partial charge in [-0.05, 0) is 117 Å². The first-order valence-electron chi connectivity index (χ1n) is 21.0. The van der Waals surface area contributed by atoms with Crippen LogP contribution in [0.1, 0.15) is 99.3 Å². The van der Waals surface area contributed by atoms with Crippen LogP contribution in [0.2, 0.25) is 0 Å². The maximum absolute atomic E-state index is 12.4. The van der Waals surface area contributed by atoms with Gasteiger partial charge in [0.25, 0.3) is 0 Å². The van der Waals surface area contributed by atoms with Crippen LogP contribution < -0.4 is 0 Å². The summed E-state index contributed by atoms with van der Waals surface area (Å²) in [5.41, 5.74) is -3.13. The van der Waals surface area contributed by atoms with Gasteiger partial charge < -0.3 is 75.1 Å². The summed E-state index contributed by atoms with van der Waals surface area (Å²) >= 11 is 0. The molecule has 21 atom stereocenters. The second kappa shape index (κ2) is 14.8. The van der Waals surface area contributed by atoms with Crippen LogP contribution in [0.5, 0.6) is 0 Å². The Kier molecular flexibility index (Phi) is 11.5. The van der Waals surface area contributed by atoms with E-state index in [1.54, 1.807) is 13.8 Å². The topological polar surface area (TPSA) is 259 Å². The average Bonchev–Trinajstić information content (AvgIpc) is 3.72. The minimum atomic E-state index is -1.54. The lowest BCUT2D eigenvalue weighted by Crippen LogP contribution is -2.64. The minimum absolute atomic E-state index is 0.0664. The molecule has 15 heteroatoms. The molecule has 2 spiro atoms. The summed E-state index contributed by atoms with van der Waals surface area (Å²) in [7, 11) is 0. The summed E-state index contributed by atoms with van der Waals surface area (Å²) in [5.74, 6) is -0.476. The molecule has 5 saturated carbocycles. The molecule has 0 amide bonds. The van der Waals surface area contributed by atoms with Crippen LogP contribution in [0.3, 0.4) is 0 Å². The van der Waals surface area contributed by atoms with E-state index in [1.807, 2.05) is 0 Å². The number of ether oxygens (including phenoxy) is 4. The highest BCUT2D eigenvalue weighted by molar-refractivity contribution is 5.33. The van der Waals surface area contributed by atoms with Crippen molar-refractivity contribution >= 4 is 0 Å². The summed E-state index contributed by atoms with van der Waals surface area (Å²) in [5, 5.41) is 119. The summed E-state index contributed by atoms with van der Waals surface area (Å²) in [4.78, 5) is 0. The van der Waals surface area contributed by atoms with Crippen LogP contribution in [-0.2, 0) is 18.9 Å². The number of hydrogen-bond acceptors (Lipinski definition) is 15. The van der Waals surface area contributed by atoms with Crippen molar-refractivity contribution in [3.8, 4) is 0 Å². The lowest BCUT2D eigenvalue weighted by Gasteiger charge is -2.65. The molecule has 2 heterocycles. The molecule has 15 nitrogen and oxygen atoms in total. The van der Waals surface area contributed by atoms with Gasteiger partial charge in [-0.1, -0.05) is 27.7 Å². The van der Waals surface area contributed by atoms with Crippen molar-refractivity contribution in [2.45, 2.75) is 185 Å². The third kappa shape index (κ3) is 6.23. The molecule has 0 aromatic heterocycles. The van der Waals surface area contributed by atoms with Crippen LogP contribution in [-0.4, -0.2) is 161 Å². The molecule has 0 bridgehead atoms. The maximum Gasteiger partial charge on any atom is 0.186 e. The molecule has 324 valence electrons. The van der Waals surface area contributed by atoms with Crippen molar-refractivity contribution in [2.75, 3.05) is 19.8 Å². The van der Waals surface area contributed by atoms with Gasteiger partial charge in [-0.2, -0.15) is 0 Å². The number of fused-ring (bicyclic) bond motifs is 2. The first-order valence-corrected chi connectivity index (χ1v) is 21.0. The van der Waals surface area contributed by atoms with Gasteiger partial charge in [0.05, 0.1) is 43.2 Å². The van der Waals surface area contributed by atoms with Crippen LogP contribution in [0, 0.1) is 50.7 Å². The summed E-state index contributed by atoms with van der Waals surface area (Å²) in [6.45, 7) is 10.9. The molecule has 0 radical (unpaired) electrons. The Bertz CT molecular complexity index is 1410. The molecule has 0 aromatic carbocycles. The van der Waals surface area contributed by atoms with Crippen LogP contribution in [0.15, 0.2) is 0 Å². The van der Waals surface area contributed by atoms with E-state index in [0.717, 1.165) is 19.3 Å². The van der Waals surface area contributed by atoms with Crippen molar-refractivity contribution in [2.24, 2.45) is 50.7 Å². The van der Waals surface area contributed by atoms with Crippen LogP contribution in [0.4, 0.5) is 0 Å². The molecule has 7 rings (SSSR count). The normalized spacial score (nSPS) is 53.6. The smallest absolute Gasteiger partial charge is 0.186 e. The third-order valence-corrected chi connectivity index (χ3v) is 17.3. The predicted molar refractivity (Wildman–Crippen MR) is 197 cm³/mol. The standard InChI is InChI=1S/C41H70O15/c1-19(7-8-25(47)37(4,5)56-34-31(51)28(48)22(46)16-53-34)27-21(45)14-38(6)33-20(44)13-24-36(2,3)26(55-35-32(52)30(50)29(49)23(15-42)54-35)9-10-39(24)17-40(33,39)11-12-41(27,38)18-43/h19-35,42-52H,7-18H2,1-6H3/t19-,20+,21+,22-,23-,24+,25-,26+,27+,28+,29-,30+,31-,32-,33+,34+,35+,38+,39-,40+,41+/m1/s1. The molecule has 56 heavy (non-hydrogen) atoms. The second-order valence-electron chi connectivity index (χ2n) is 20.6. The zero-order chi connectivity index (χ0) is 41.1. The van der Waals surface area contributed by atoms with E-state index in [4.69, 9.17) is 18.9 Å². The monoisotopic (exact) mass is 802 g/mol. The van der Waals surface area contributed by atoms with Crippen molar-refractivity contribution in [1.29, 1.82) is 0 Å². The average molecular weight is 803 g/mol. The first-order chi connectivity index (χ1) is 26.1. The molecular weight excluding hydrogens is 732 g/mol. The lowest BCUT2D eigenvalue weighted by atomic mass is 9.41. The maximum atomic E-state index is 12.4. The fourth-order valence-corrected chi connectivity index (χ4v) is 14.4. The van der Waals surface area contributed by atoms with Gasteiger partial charge in [0.1, 0.15) is 42.7 Å². The SMILES string of the molecule is C[C@H](CC[C@@H](O)C(C)(C)O[C@@H]1OC[C@@H](O)[C@H](O)[C@H]1O)[C@H]1[C@@H](O)C[C@@]2(C)[C@@H]3[C@@H](O)C[C@H]4C(C)(C)[C@@H](O[C@@H]5O[C@H](CO)[C@@H](O)[C@H](O)[C@H]5O)CC[C@@]45C[C@@]35CC[C@]12CO. The van der Waals surface area contributed by atoms with E-state index in [1.165, 1.54) is 0 Å². The Hall–Kier alpha value is -0.600. The van der Waals surface area contributed by atoms with Gasteiger partial charge in [0, 0.05) is 12.0 Å². The fourth-order valence-electron chi connectivity index (χ4n) is 14.4. The molecule has 5 aliphatic carbocycles. The highest BCUT2D eigenvalue weighted by Gasteiger charge is 2.85. The van der Waals surface area contributed by atoms with Crippen molar-refractivity contribution in [3.63, 3.8) is 0 Å². The third-order valence-electron chi connectivity index (χ3n) is 17.3. The molecular formula is C41H70O15. The molecule has 0 aromatic rings. The van der Waals surface area contributed by atoms with Gasteiger partial charge in [0.2, 0.25) is 0 Å². The number of aliphatic hydroxyl groups is 11. The number of hydrogen-bond donors (Lipinski definition) is 11. The Morgan fingerprint density at radius 2 is 1.46 bits per heavy atom. The molecule has 2 aliphatic heterocycles. The van der Waals surface area contributed by atoms with Crippen LogP contribution in [0.25, 0.3) is 0 Å². The molecule has 11 N–H and O–H groups in total. The van der Waals surface area contributed by atoms with Gasteiger partial charge in [-0.25, -0.2) is 0 Å². The zero-order valence-corrected chi connectivity index (χ0v) is 33.9. The van der Waals surface area contributed by atoms with E-state index in [0.29, 0.717) is 38.5 Å². The van der Waals surface area contributed by atoms with E-state index >= 15 is 0 Å². The Morgan fingerprint density at radius 1 is 0.786 bits per heavy atom. The number of aliphatic hydroxyl groups excluding tert-OH is 11. The molecule has 0 unspecified atom stereocenters. The highest BCUT2D eigenvalue weighted by atomic mass is 16.7. The fraction of sp³-hybridized carbons (Fsp3) is 1.00. The van der Waals surface area contributed by atoms with E-state index in [9.17, 15) is 56.2 Å². The zero-order valence-electron chi connectivity index (χ0n) is 33.9. The summed E-state index contributed by atoms with van der Waals surface area (Å²) in [6, 6.07) is 0. The highest BCUT2D eigenvalue weighted by Crippen LogP contribution is 2.89.